The zero-order valence-corrected chi connectivity index (χ0v) is 19.9. The first-order chi connectivity index (χ1) is 16.4. The van der Waals surface area contributed by atoms with Crippen molar-refractivity contribution in [3.63, 3.8) is 0 Å². The largest absolute Gasteiger partial charge is 0.454 e. The van der Waals surface area contributed by atoms with E-state index in [9.17, 15) is 9.59 Å². The van der Waals surface area contributed by atoms with Crippen LogP contribution in [-0.2, 0) is 13.1 Å². The maximum absolute atomic E-state index is 13.1. The standard InChI is InChI=1S/C24H17Cl2N3O4S/c25-17-5-1-13(7-18(17)26)10-27-22(30)15-3-4-16-19(9-15)28-24(34)29(23(16)31)11-14-2-6-20-21(8-14)33-12-32-20/h1-9H,10-12H2,(H,27,30)(H,28,34). The third-order valence-corrected chi connectivity index (χ3v) is 6.52. The molecule has 0 aliphatic carbocycles. The van der Waals surface area contributed by atoms with E-state index >= 15 is 0 Å². The van der Waals surface area contributed by atoms with Crippen molar-refractivity contribution in [2.75, 3.05) is 6.79 Å². The van der Waals surface area contributed by atoms with E-state index in [2.05, 4.69) is 10.3 Å². The van der Waals surface area contributed by atoms with Gasteiger partial charge in [-0.2, -0.15) is 0 Å². The maximum atomic E-state index is 13.1. The van der Waals surface area contributed by atoms with E-state index in [4.69, 9.17) is 44.9 Å². The van der Waals surface area contributed by atoms with Crippen LogP contribution in [0.5, 0.6) is 11.5 Å². The van der Waals surface area contributed by atoms with Crippen molar-refractivity contribution in [1.82, 2.24) is 14.9 Å². The predicted octanol–water partition coefficient (Wildman–Crippen LogP) is 5.07. The summed E-state index contributed by atoms with van der Waals surface area (Å²) >= 11 is 17.4. The van der Waals surface area contributed by atoms with Gasteiger partial charge in [-0.3, -0.25) is 14.2 Å². The van der Waals surface area contributed by atoms with Gasteiger partial charge in [0.05, 0.1) is 27.5 Å². The van der Waals surface area contributed by atoms with Gasteiger partial charge in [0.25, 0.3) is 11.5 Å². The summed E-state index contributed by atoms with van der Waals surface area (Å²) in [6.07, 6.45) is 0. The molecular formula is C24H17Cl2N3O4S. The number of hydrogen-bond acceptors (Lipinski definition) is 5. The molecule has 5 rings (SSSR count). The molecule has 0 spiro atoms. The summed E-state index contributed by atoms with van der Waals surface area (Å²) in [6, 6.07) is 15.5. The van der Waals surface area contributed by atoms with Gasteiger partial charge in [0, 0.05) is 12.1 Å². The number of rotatable bonds is 5. The smallest absolute Gasteiger partial charge is 0.262 e. The molecule has 34 heavy (non-hydrogen) atoms. The molecule has 1 aromatic heterocycles. The molecule has 7 nitrogen and oxygen atoms in total. The van der Waals surface area contributed by atoms with Gasteiger partial charge in [0.2, 0.25) is 6.79 Å². The van der Waals surface area contributed by atoms with E-state index < -0.39 is 0 Å². The lowest BCUT2D eigenvalue weighted by Gasteiger charge is -2.10. The van der Waals surface area contributed by atoms with Crippen LogP contribution in [0.2, 0.25) is 10.0 Å². The summed E-state index contributed by atoms with van der Waals surface area (Å²) in [5.74, 6) is 1.01. The van der Waals surface area contributed by atoms with E-state index in [0.717, 1.165) is 11.1 Å². The van der Waals surface area contributed by atoms with Crippen molar-refractivity contribution >= 4 is 52.2 Å². The van der Waals surface area contributed by atoms with Gasteiger partial charge in [-0.15, -0.1) is 0 Å². The normalized spacial score (nSPS) is 12.2. The van der Waals surface area contributed by atoms with Gasteiger partial charge >= 0.3 is 0 Å². The third kappa shape index (κ3) is 4.40. The Balaban J connectivity index is 1.38. The van der Waals surface area contributed by atoms with Crippen LogP contribution in [-0.4, -0.2) is 22.3 Å². The minimum atomic E-state index is -0.295. The molecule has 1 aliphatic rings. The number of nitrogens with zero attached hydrogens (tertiary/aromatic N) is 1. The van der Waals surface area contributed by atoms with Gasteiger partial charge in [0.1, 0.15) is 0 Å². The molecule has 0 fully saturated rings. The van der Waals surface area contributed by atoms with Crippen molar-refractivity contribution < 1.29 is 14.3 Å². The van der Waals surface area contributed by atoms with Crippen molar-refractivity contribution in [3.05, 3.63) is 96.5 Å². The number of benzene rings is 3. The lowest BCUT2D eigenvalue weighted by atomic mass is 10.1. The molecule has 0 saturated heterocycles. The monoisotopic (exact) mass is 513 g/mol. The number of aromatic amines is 1. The molecule has 0 unspecified atom stereocenters. The molecule has 0 saturated carbocycles. The Morgan fingerprint density at radius 1 is 1.00 bits per heavy atom. The molecule has 10 heteroatoms. The molecule has 2 heterocycles. The Morgan fingerprint density at radius 2 is 1.79 bits per heavy atom. The zero-order valence-electron chi connectivity index (χ0n) is 17.6. The van der Waals surface area contributed by atoms with Gasteiger partial charge in [-0.25, -0.2) is 0 Å². The first-order valence-corrected chi connectivity index (χ1v) is 11.4. The highest BCUT2D eigenvalue weighted by Gasteiger charge is 2.15. The van der Waals surface area contributed by atoms with Crippen molar-refractivity contribution in [3.8, 4) is 11.5 Å². The van der Waals surface area contributed by atoms with E-state index in [1.165, 1.54) is 4.57 Å². The van der Waals surface area contributed by atoms with Gasteiger partial charge in [-0.05, 0) is 65.8 Å². The molecular weight excluding hydrogens is 497 g/mol. The first-order valence-electron chi connectivity index (χ1n) is 10.3. The van der Waals surface area contributed by atoms with Crippen LogP contribution in [0.25, 0.3) is 10.9 Å². The lowest BCUT2D eigenvalue weighted by molar-refractivity contribution is 0.0951. The lowest BCUT2D eigenvalue weighted by Crippen LogP contribution is -2.24. The van der Waals surface area contributed by atoms with Crippen LogP contribution >= 0.6 is 35.4 Å². The Labute approximate surface area is 208 Å². The minimum absolute atomic E-state index is 0.179. The van der Waals surface area contributed by atoms with Crippen LogP contribution in [0.3, 0.4) is 0 Å². The average Bonchev–Trinajstić information content (AvgIpc) is 3.30. The number of nitrogens with one attached hydrogen (secondary N) is 2. The second kappa shape index (κ2) is 9.13. The fraction of sp³-hybridized carbons (Fsp3) is 0.125. The maximum Gasteiger partial charge on any atom is 0.262 e. The Hall–Kier alpha value is -3.33. The molecule has 4 aromatic rings. The number of H-pyrrole nitrogens is 1. The van der Waals surface area contributed by atoms with Crippen LogP contribution in [0.4, 0.5) is 0 Å². The zero-order chi connectivity index (χ0) is 23.8. The number of carbonyl (C=O) groups is 1. The fourth-order valence-electron chi connectivity index (χ4n) is 3.70. The highest BCUT2D eigenvalue weighted by atomic mass is 35.5. The summed E-state index contributed by atoms with van der Waals surface area (Å²) in [5, 5.41) is 4.13. The molecule has 0 atom stereocenters. The molecule has 172 valence electrons. The highest BCUT2D eigenvalue weighted by molar-refractivity contribution is 7.71. The third-order valence-electron chi connectivity index (χ3n) is 5.46. The molecule has 0 radical (unpaired) electrons. The molecule has 1 amide bonds. The van der Waals surface area contributed by atoms with Crippen molar-refractivity contribution in [2.45, 2.75) is 13.1 Å². The van der Waals surface area contributed by atoms with Crippen LogP contribution in [0.1, 0.15) is 21.5 Å². The highest BCUT2D eigenvalue weighted by Crippen LogP contribution is 2.32. The van der Waals surface area contributed by atoms with E-state index in [0.29, 0.717) is 38.0 Å². The Kier molecular flexibility index (Phi) is 6.03. The Bertz CT molecular complexity index is 1560. The summed E-state index contributed by atoms with van der Waals surface area (Å²) in [6.45, 7) is 0.728. The van der Waals surface area contributed by atoms with E-state index in [-0.39, 0.29) is 36.1 Å². The fourth-order valence-corrected chi connectivity index (χ4v) is 4.27. The van der Waals surface area contributed by atoms with E-state index in [1.54, 1.807) is 42.5 Å². The van der Waals surface area contributed by atoms with Gasteiger partial charge in [-0.1, -0.05) is 35.3 Å². The first kappa shape index (κ1) is 22.5. The SMILES string of the molecule is O=C(NCc1ccc(Cl)c(Cl)c1)c1ccc2c(=O)n(Cc3ccc4c(c3)OCO4)c(=S)[nH]c2c1. The Morgan fingerprint density at radius 3 is 2.62 bits per heavy atom. The summed E-state index contributed by atoms with van der Waals surface area (Å²) in [7, 11) is 0. The number of amides is 1. The number of hydrogen-bond donors (Lipinski definition) is 2. The topological polar surface area (TPSA) is 85.3 Å². The van der Waals surface area contributed by atoms with Crippen LogP contribution in [0.15, 0.2) is 59.4 Å². The summed E-state index contributed by atoms with van der Waals surface area (Å²) in [5.41, 5.74) is 2.29. The predicted molar refractivity (Wildman–Crippen MR) is 133 cm³/mol. The molecule has 1 aliphatic heterocycles. The van der Waals surface area contributed by atoms with Crippen LogP contribution in [0, 0.1) is 4.77 Å². The van der Waals surface area contributed by atoms with Crippen LogP contribution < -0.4 is 20.3 Å². The minimum Gasteiger partial charge on any atom is -0.454 e. The summed E-state index contributed by atoms with van der Waals surface area (Å²) < 4.78 is 12.5. The second-order valence-corrected chi connectivity index (χ2v) is 8.90. The van der Waals surface area contributed by atoms with Crippen molar-refractivity contribution in [2.24, 2.45) is 0 Å². The number of aromatic nitrogens is 2. The van der Waals surface area contributed by atoms with E-state index in [1.807, 2.05) is 12.1 Å². The molecule has 3 aromatic carbocycles. The number of fused-ring (bicyclic) bond motifs is 2. The number of carbonyl (C=O) groups excluding carboxylic acids is 1. The van der Waals surface area contributed by atoms with Gasteiger partial charge < -0.3 is 19.8 Å². The quantitative estimate of drug-likeness (QED) is 0.363. The summed E-state index contributed by atoms with van der Waals surface area (Å²) in [4.78, 5) is 28.9. The molecule has 2 N–H and O–H groups in total. The number of halogens is 2. The second-order valence-electron chi connectivity index (χ2n) is 7.70. The van der Waals surface area contributed by atoms with Crippen molar-refractivity contribution in [1.29, 1.82) is 0 Å². The average molecular weight is 514 g/mol. The van der Waals surface area contributed by atoms with Gasteiger partial charge in [0.15, 0.2) is 16.3 Å². The number of ether oxygens (including phenoxy) is 2. The molecule has 0 bridgehead atoms.